The summed E-state index contributed by atoms with van der Waals surface area (Å²) in [7, 11) is 0. The first-order chi connectivity index (χ1) is 13.0. The third-order valence-electron chi connectivity index (χ3n) is 4.66. The van der Waals surface area contributed by atoms with Gasteiger partial charge in [-0.05, 0) is 37.9 Å². The summed E-state index contributed by atoms with van der Waals surface area (Å²) < 4.78 is 0. The normalized spacial score (nSPS) is 15.1. The fourth-order valence-electron chi connectivity index (χ4n) is 3.15. The van der Waals surface area contributed by atoms with Crippen LogP contribution in [-0.2, 0) is 20.8 Å². The molecular weight excluding hydrogens is 344 g/mol. The van der Waals surface area contributed by atoms with Crippen LogP contribution in [0.3, 0.4) is 0 Å². The van der Waals surface area contributed by atoms with Crippen LogP contribution in [0.25, 0.3) is 0 Å². The van der Waals surface area contributed by atoms with Crippen LogP contribution in [0.2, 0.25) is 0 Å². The number of hydrogen-bond acceptors (Lipinski definition) is 4. The van der Waals surface area contributed by atoms with Crippen LogP contribution < -0.4 is 10.6 Å². The molecule has 2 N–H and O–H groups in total. The van der Waals surface area contributed by atoms with Crippen LogP contribution in [-0.4, -0.2) is 73.3 Å². The number of hydrogen-bond donors (Lipinski definition) is 2. The maximum absolute atomic E-state index is 12.3. The summed E-state index contributed by atoms with van der Waals surface area (Å²) in [6, 6.07) is 10.5. The van der Waals surface area contributed by atoms with E-state index < -0.39 is 0 Å². The zero-order chi connectivity index (χ0) is 19.5. The number of carbonyl (C=O) groups is 3. The Bertz CT molecular complexity index is 621. The second-order valence-electron chi connectivity index (χ2n) is 6.85. The van der Waals surface area contributed by atoms with Crippen molar-refractivity contribution in [3.63, 3.8) is 0 Å². The predicted molar refractivity (Wildman–Crippen MR) is 104 cm³/mol. The molecule has 2 rings (SSSR count). The van der Waals surface area contributed by atoms with Crippen molar-refractivity contribution >= 4 is 17.7 Å². The zero-order valence-corrected chi connectivity index (χ0v) is 16.1. The predicted octanol–water partition coefficient (Wildman–Crippen LogP) is 0.406. The Morgan fingerprint density at radius 3 is 2.48 bits per heavy atom. The Balaban J connectivity index is 1.65. The lowest BCUT2D eigenvalue weighted by atomic mass is 10.1. The second-order valence-corrected chi connectivity index (χ2v) is 6.85. The Labute approximate surface area is 161 Å². The van der Waals surface area contributed by atoms with E-state index in [4.69, 9.17) is 0 Å². The summed E-state index contributed by atoms with van der Waals surface area (Å²) in [6.07, 6.45) is 3.12. The highest BCUT2D eigenvalue weighted by molar-refractivity contribution is 5.87. The van der Waals surface area contributed by atoms with Crippen LogP contribution in [0, 0.1) is 0 Å². The molecule has 1 fully saturated rings. The fourth-order valence-corrected chi connectivity index (χ4v) is 3.15. The summed E-state index contributed by atoms with van der Waals surface area (Å²) in [6.45, 7) is 5.52. The lowest BCUT2D eigenvalue weighted by Gasteiger charge is -2.22. The average Bonchev–Trinajstić information content (AvgIpc) is 2.91. The third-order valence-corrected chi connectivity index (χ3v) is 4.66. The van der Waals surface area contributed by atoms with Gasteiger partial charge in [-0.25, -0.2) is 0 Å². The minimum atomic E-state index is -0.351. The van der Waals surface area contributed by atoms with Gasteiger partial charge in [0.2, 0.25) is 17.7 Å². The first-order valence-electron chi connectivity index (χ1n) is 9.60. The highest BCUT2D eigenvalue weighted by Gasteiger charge is 2.19. The molecule has 0 bridgehead atoms. The second kappa shape index (κ2) is 11.3. The molecule has 0 aromatic heterocycles. The van der Waals surface area contributed by atoms with Gasteiger partial charge in [0, 0.05) is 26.6 Å². The number of nitrogens with zero attached hydrogens (tertiary/aromatic N) is 2. The summed E-state index contributed by atoms with van der Waals surface area (Å²) >= 11 is 0. The van der Waals surface area contributed by atoms with E-state index in [-0.39, 0.29) is 30.8 Å². The van der Waals surface area contributed by atoms with Crippen molar-refractivity contribution in [3.05, 3.63) is 35.9 Å². The van der Waals surface area contributed by atoms with Crippen molar-refractivity contribution in [1.29, 1.82) is 0 Å². The first-order valence-corrected chi connectivity index (χ1v) is 9.60. The molecule has 0 radical (unpaired) electrons. The molecule has 1 saturated heterocycles. The van der Waals surface area contributed by atoms with Gasteiger partial charge in [-0.2, -0.15) is 0 Å². The molecule has 0 aliphatic carbocycles. The standard InChI is InChI=1S/C20H30N4O3/c1-17(25)21-15-19(26)22-16-20(27)24-12-6-11-23(13-14-24)10-5-9-18-7-3-2-4-8-18/h2-4,7-8H,5-6,9-16H2,1H3,(H,21,25)(H,22,26). The molecule has 0 atom stereocenters. The molecule has 1 aromatic rings. The van der Waals surface area contributed by atoms with E-state index in [1.165, 1.54) is 12.5 Å². The van der Waals surface area contributed by atoms with Gasteiger partial charge < -0.3 is 20.4 Å². The molecule has 1 aromatic carbocycles. The topological polar surface area (TPSA) is 81.8 Å². The van der Waals surface area contributed by atoms with Gasteiger partial charge in [-0.15, -0.1) is 0 Å². The zero-order valence-electron chi connectivity index (χ0n) is 16.1. The highest BCUT2D eigenvalue weighted by Crippen LogP contribution is 2.07. The molecule has 0 unspecified atom stereocenters. The van der Waals surface area contributed by atoms with Crippen LogP contribution in [0.1, 0.15) is 25.3 Å². The van der Waals surface area contributed by atoms with Gasteiger partial charge in [-0.3, -0.25) is 14.4 Å². The molecule has 1 aliphatic rings. The molecule has 1 aliphatic heterocycles. The molecular formula is C20H30N4O3. The maximum atomic E-state index is 12.3. The summed E-state index contributed by atoms with van der Waals surface area (Å²) in [4.78, 5) is 38.9. The van der Waals surface area contributed by atoms with Gasteiger partial charge in [0.25, 0.3) is 0 Å². The van der Waals surface area contributed by atoms with Gasteiger partial charge >= 0.3 is 0 Å². The van der Waals surface area contributed by atoms with Crippen molar-refractivity contribution in [2.24, 2.45) is 0 Å². The smallest absolute Gasteiger partial charge is 0.242 e. The van der Waals surface area contributed by atoms with Crippen molar-refractivity contribution in [1.82, 2.24) is 20.4 Å². The van der Waals surface area contributed by atoms with Gasteiger partial charge in [0.1, 0.15) is 0 Å². The quantitative estimate of drug-likeness (QED) is 0.690. The van der Waals surface area contributed by atoms with Gasteiger partial charge in [-0.1, -0.05) is 30.3 Å². The van der Waals surface area contributed by atoms with E-state index >= 15 is 0 Å². The van der Waals surface area contributed by atoms with E-state index in [1.807, 2.05) is 11.0 Å². The van der Waals surface area contributed by atoms with Crippen LogP contribution in [0.4, 0.5) is 0 Å². The fraction of sp³-hybridized carbons (Fsp3) is 0.550. The molecule has 0 spiro atoms. The largest absolute Gasteiger partial charge is 0.347 e. The molecule has 27 heavy (non-hydrogen) atoms. The van der Waals surface area contributed by atoms with E-state index in [2.05, 4.69) is 39.8 Å². The minimum Gasteiger partial charge on any atom is -0.347 e. The molecule has 7 heteroatoms. The Kier molecular flexibility index (Phi) is 8.77. The number of nitrogens with one attached hydrogen (secondary N) is 2. The molecule has 3 amide bonds. The van der Waals surface area contributed by atoms with Crippen molar-refractivity contribution in [2.45, 2.75) is 26.2 Å². The third kappa shape index (κ3) is 8.21. The summed E-state index contributed by atoms with van der Waals surface area (Å²) in [5.74, 6) is -0.690. The number of carbonyl (C=O) groups excluding carboxylic acids is 3. The van der Waals surface area contributed by atoms with E-state index in [0.29, 0.717) is 6.54 Å². The Morgan fingerprint density at radius 1 is 0.963 bits per heavy atom. The maximum Gasteiger partial charge on any atom is 0.242 e. The minimum absolute atomic E-state index is 0.0214. The number of benzene rings is 1. The van der Waals surface area contributed by atoms with Crippen molar-refractivity contribution in [3.8, 4) is 0 Å². The lowest BCUT2D eigenvalue weighted by Crippen LogP contribution is -2.44. The summed E-state index contributed by atoms with van der Waals surface area (Å²) in [5.41, 5.74) is 1.36. The summed E-state index contributed by atoms with van der Waals surface area (Å²) in [5, 5.41) is 4.97. The molecule has 148 valence electrons. The Hall–Kier alpha value is -2.41. The van der Waals surface area contributed by atoms with Crippen molar-refractivity contribution < 1.29 is 14.4 Å². The molecule has 7 nitrogen and oxygen atoms in total. The molecule has 0 saturated carbocycles. The van der Waals surface area contributed by atoms with Gasteiger partial charge in [0.05, 0.1) is 13.1 Å². The van der Waals surface area contributed by atoms with E-state index in [9.17, 15) is 14.4 Å². The Morgan fingerprint density at radius 2 is 1.74 bits per heavy atom. The first kappa shape index (κ1) is 20.9. The van der Waals surface area contributed by atoms with Crippen LogP contribution in [0.15, 0.2) is 30.3 Å². The lowest BCUT2D eigenvalue weighted by molar-refractivity contribution is -0.132. The average molecular weight is 374 g/mol. The number of amides is 3. The molecule has 1 heterocycles. The number of aryl methyl sites for hydroxylation is 1. The van der Waals surface area contributed by atoms with E-state index in [1.54, 1.807) is 0 Å². The van der Waals surface area contributed by atoms with Crippen LogP contribution >= 0.6 is 0 Å². The van der Waals surface area contributed by atoms with Crippen molar-refractivity contribution in [2.75, 3.05) is 45.8 Å². The monoisotopic (exact) mass is 374 g/mol. The van der Waals surface area contributed by atoms with E-state index in [0.717, 1.165) is 45.4 Å². The SMILES string of the molecule is CC(=O)NCC(=O)NCC(=O)N1CCCN(CCCc2ccccc2)CC1. The highest BCUT2D eigenvalue weighted by atomic mass is 16.2. The number of rotatable bonds is 8. The van der Waals surface area contributed by atoms with Gasteiger partial charge in [0.15, 0.2) is 0 Å². The van der Waals surface area contributed by atoms with Crippen LogP contribution in [0.5, 0.6) is 0 Å².